The van der Waals surface area contributed by atoms with Gasteiger partial charge in [0, 0.05) is 5.56 Å². The number of aliphatic hydroxyl groups is 1. The molecule has 1 heterocycles. The van der Waals surface area contributed by atoms with E-state index >= 15 is 0 Å². The number of aliphatic hydroxyl groups excluding tert-OH is 1. The number of imide groups is 1. The number of halogens is 1. The fourth-order valence-corrected chi connectivity index (χ4v) is 3.62. The molecule has 3 amide bonds. The third-order valence-electron chi connectivity index (χ3n) is 5.29. The van der Waals surface area contributed by atoms with Crippen molar-refractivity contribution in [2.75, 3.05) is 13.2 Å². The number of benzene rings is 1. The minimum Gasteiger partial charge on any atom is -0.389 e. The van der Waals surface area contributed by atoms with Crippen LogP contribution < -0.4 is 5.32 Å². The monoisotopic (exact) mass is 364 g/mol. The minimum atomic E-state index is -1.02. The van der Waals surface area contributed by atoms with E-state index in [1.54, 1.807) is 18.2 Å². The van der Waals surface area contributed by atoms with Gasteiger partial charge in [0.1, 0.15) is 11.4 Å². The number of nitrogens with zero attached hydrogens (tertiary/aromatic N) is 1. The predicted molar refractivity (Wildman–Crippen MR) is 92.7 cm³/mol. The Hall–Kier alpha value is -1.99. The summed E-state index contributed by atoms with van der Waals surface area (Å²) < 4.78 is 18.9. The van der Waals surface area contributed by atoms with Gasteiger partial charge < -0.3 is 15.2 Å². The van der Waals surface area contributed by atoms with E-state index < -0.39 is 17.7 Å². The van der Waals surface area contributed by atoms with Crippen LogP contribution in [0.15, 0.2) is 24.3 Å². The first-order chi connectivity index (χ1) is 12.4. The van der Waals surface area contributed by atoms with Crippen LogP contribution in [0.3, 0.4) is 0 Å². The van der Waals surface area contributed by atoms with Crippen molar-refractivity contribution in [3.8, 4) is 0 Å². The van der Waals surface area contributed by atoms with Crippen LogP contribution in [0.2, 0.25) is 0 Å². The first kappa shape index (κ1) is 18.8. The molecule has 0 unspecified atom stereocenters. The lowest BCUT2D eigenvalue weighted by molar-refractivity contribution is -0.134. The average Bonchev–Trinajstić information content (AvgIpc) is 2.84. The first-order valence-electron chi connectivity index (χ1n) is 9.04. The van der Waals surface area contributed by atoms with E-state index in [2.05, 4.69) is 12.2 Å². The van der Waals surface area contributed by atoms with Crippen LogP contribution in [-0.4, -0.2) is 46.7 Å². The van der Waals surface area contributed by atoms with E-state index in [1.807, 2.05) is 0 Å². The first-order valence-corrected chi connectivity index (χ1v) is 9.04. The number of nitrogens with one attached hydrogen (secondary N) is 1. The fraction of sp³-hybridized carbons (Fsp3) is 0.579. The third kappa shape index (κ3) is 3.88. The Morgan fingerprint density at radius 1 is 1.35 bits per heavy atom. The molecule has 1 saturated carbocycles. The third-order valence-corrected chi connectivity index (χ3v) is 5.29. The maximum absolute atomic E-state index is 13.5. The fourth-order valence-electron chi connectivity index (χ4n) is 3.62. The normalized spacial score (nSPS) is 27.0. The summed E-state index contributed by atoms with van der Waals surface area (Å²) in [5, 5.41) is 12.9. The van der Waals surface area contributed by atoms with Crippen LogP contribution in [0.4, 0.5) is 9.18 Å². The maximum Gasteiger partial charge on any atom is 0.325 e. The number of carbonyl (C=O) groups excluding carboxylic acids is 2. The molecule has 142 valence electrons. The molecule has 1 atom stereocenters. The van der Waals surface area contributed by atoms with E-state index in [4.69, 9.17) is 4.74 Å². The van der Waals surface area contributed by atoms with Crippen molar-refractivity contribution in [2.45, 2.75) is 50.9 Å². The lowest BCUT2D eigenvalue weighted by Crippen LogP contribution is -2.49. The zero-order chi connectivity index (χ0) is 18.7. The molecule has 0 radical (unpaired) electrons. The quantitative estimate of drug-likeness (QED) is 0.759. The van der Waals surface area contributed by atoms with Crippen molar-refractivity contribution in [1.29, 1.82) is 0 Å². The Bertz CT molecular complexity index is 673. The average molecular weight is 364 g/mol. The zero-order valence-electron chi connectivity index (χ0n) is 14.9. The summed E-state index contributed by atoms with van der Waals surface area (Å²) in [6, 6.07) is 5.78. The van der Waals surface area contributed by atoms with Gasteiger partial charge in [0.25, 0.3) is 5.91 Å². The van der Waals surface area contributed by atoms with Gasteiger partial charge >= 0.3 is 6.03 Å². The Kier molecular flexibility index (Phi) is 5.58. The zero-order valence-corrected chi connectivity index (χ0v) is 14.9. The number of β-amino-alcohol motifs (C(OH)–C–C–N with tert-alkyl or cyclic N) is 1. The van der Waals surface area contributed by atoms with Crippen LogP contribution >= 0.6 is 0 Å². The number of rotatable bonds is 6. The summed E-state index contributed by atoms with van der Waals surface area (Å²) in [5.74, 6) is -0.0798. The minimum absolute atomic E-state index is 0.0195. The lowest BCUT2D eigenvalue weighted by atomic mass is 9.77. The number of hydrogen-bond donors (Lipinski definition) is 2. The molecule has 1 aromatic carbocycles. The van der Waals surface area contributed by atoms with Gasteiger partial charge in [-0.1, -0.05) is 25.1 Å². The van der Waals surface area contributed by atoms with Crippen molar-refractivity contribution in [1.82, 2.24) is 10.2 Å². The highest BCUT2D eigenvalue weighted by atomic mass is 19.1. The van der Waals surface area contributed by atoms with Crippen LogP contribution in [0.5, 0.6) is 0 Å². The largest absolute Gasteiger partial charge is 0.389 e. The van der Waals surface area contributed by atoms with Gasteiger partial charge in [0.05, 0.1) is 25.9 Å². The Labute approximate surface area is 152 Å². The molecule has 1 aliphatic heterocycles. The number of urea groups is 1. The molecule has 2 aliphatic rings. The molecule has 2 N–H and O–H groups in total. The molecule has 6 nitrogen and oxygen atoms in total. The van der Waals surface area contributed by atoms with Gasteiger partial charge in [-0.15, -0.1) is 0 Å². The molecule has 0 bridgehead atoms. The molecule has 1 aliphatic carbocycles. The van der Waals surface area contributed by atoms with Crippen molar-refractivity contribution in [3.05, 3.63) is 35.6 Å². The standard InChI is InChI=1S/C19H25FN2O4/c1-13-6-8-19(9-7-13)17(24)22(18(25)21-19)10-15(23)12-26-11-14-4-2-3-5-16(14)20/h2-5,13,15,23H,6-12H2,1H3,(H,21,25)/t13?,15-,19?/m1/s1. The van der Waals surface area contributed by atoms with Crippen molar-refractivity contribution < 1.29 is 23.8 Å². The van der Waals surface area contributed by atoms with Crippen molar-refractivity contribution >= 4 is 11.9 Å². The number of carbonyl (C=O) groups is 2. The SMILES string of the molecule is CC1CCC2(CC1)NC(=O)N(C[C@@H](O)COCc1ccccc1F)C2=O. The van der Waals surface area contributed by atoms with Crippen LogP contribution in [0.25, 0.3) is 0 Å². The summed E-state index contributed by atoms with van der Waals surface area (Å²) >= 11 is 0. The van der Waals surface area contributed by atoms with Gasteiger partial charge in [-0.25, -0.2) is 9.18 Å². The van der Waals surface area contributed by atoms with E-state index in [-0.39, 0.29) is 31.5 Å². The molecule has 2 fully saturated rings. The maximum atomic E-state index is 13.5. The number of amides is 3. The molecule has 26 heavy (non-hydrogen) atoms. The highest BCUT2D eigenvalue weighted by molar-refractivity contribution is 6.07. The van der Waals surface area contributed by atoms with Crippen molar-refractivity contribution in [2.24, 2.45) is 5.92 Å². The summed E-state index contributed by atoms with van der Waals surface area (Å²) in [6.07, 6.45) is 2.04. The smallest absolute Gasteiger partial charge is 0.325 e. The van der Waals surface area contributed by atoms with Crippen molar-refractivity contribution in [3.63, 3.8) is 0 Å². The Morgan fingerprint density at radius 3 is 2.73 bits per heavy atom. The predicted octanol–water partition coefficient (Wildman–Crippen LogP) is 2.20. The van der Waals surface area contributed by atoms with Crippen LogP contribution in [-0.2, 0) is 16.1 Å². The van der Waals surface area contributed by atoms with Gasteiger partial charge in [0.2, 0.25) is 0 Å². The van der Waals surface area contributed by atoms with E-state index in [9.17, 15) is 19.1 Å². The summed E-state index contributed by atoms with van der Waals surface area (Å²) in [4.78, 5) is 26.0. The topological polar surface area (TPSA) is 78.9 Å². The second kappa shape index (κ2) is 7.72. The number of hydrogen-bond acceptors (Lipinski definition) is 4. The Morgan fingerprint density at radius 2 is 2.04 bits per heavy atom. The molecular formula is C19H25FN2O4. The van der Waals surface area contributed by atoms with Crippen LogP contribution in [0.1, 0.15) is 38.2 Å². The van der Waals surface area contributed by atoms with E-state index in [0.717, 1.165) is 17.7 Å². The van der Waals surface area contributed by atoms with Gasteiger partial charge in [0.15, 0.2) is 0 Å². The van der Waals surface area contributed by atoms with Gasteiger partial charge in [-0.05, 0) is 37.7 Å². The van der Waals surface area contributed by atoms with E-state index in [1.165, 1.54) is 6.07 Å². The molecule has 1 aromatic rings. The second-order valence-corrected chi connectivity index (χ2v) is 7.37. The number of ether oxygens (including phenoxy) is 1. The van der Waals surface area contributed by atoms with Gasteiger partial charge in [-0.3, -0.25) is 9.69 Å². The molecule has 0 aromatic heterocycles. The highest BCUT2D eigenvalue weighted by Gasteiger charge is 2.52. The second-order valence-electron chi connectivity index (χ2n) is 7.37. The molecule has 1 spiro atoms. The highest BCUT2D eigenvalue weighted by Crippen LogP contribution is 2.36. The van der Waals surface area contributed by atoms with E-state index in [0.29, 0.717) is 24.3 Å². The molecular weight excluding hydrogens is 339 g/mol. The summed E-state index contributed by atoms with van der Waals surface area (Å²) in [6.45, 7) is 1.95. The summed E-state index contributed by atoms with van der Waals surface area (Å²) in [5.41, 5.74) is -0.415. The lowest BCUT2D eigenvalue weighted by Gasteiger charge is -2.33. The molecule has 7 heteroatoms. The summed E-state index contributed by atoms with van der Waals surface area (Å²) in [7, 11) is 0. The van der Waals surface area contributed by atoms with Gasteiger partial charge in [-0.2, -0.15) is 0 Å². The Balaban J connectivity index is 1.51. The molecule has 1 saturated heterocycles. The molecule has 3 rings (SSSR count). The van der Waals surface area contributed by atoms with Crippen LogP contribution in [0, 0.1) is 11.7 Å².